The van der Waals surface area contributed by atoms with Crippen LogP contribution in [0, 0.1) is 11.3 Å². The lowest BCUT2D eigenvalue weighted by Gasteiger charge is -2.21. The van der Waals surface area contributed by atoms with Crippen LogP contribution in [0.1, 0.15) is 28.4 Å². The third-order valence-electron chi connectivity index (χ3n) is 4.66. The standard InChI is InChI=1S/C26H23N3O2/c1-20(30)23-13-8-14-25(15-23)28-26(31)24(16-27)19-29(17-21-9-4-2-5-10-21)18-22-11-6-3-7-12-22/h2-15,19H,17-18H2,1H3,(H,28,31)/b24-19-. The van der Waals surface area contributed by atoms with Gasteiger partial charge in [-0.25, -0.2) is 0 Å². The van der Waals surface area contributed by atoms with Gasteiger partial charge in [-0.2, -0.15) is 5.26 Å². The molecule has 1 amide bonds. The van der Waals surface area contributed by atoms with Crippen LogP contribution < -0.4 is 5.32 Å². The van der Waals surface area contributed by atoms with Gasteiger partial charge in [0.05, 0.1) is 0 Å². The van der Waals surface area contributed by atoms with E-state index in [1.165, 1.54) is 6.92 Å². The van der Waals surface area contributed by atoms with Crippen LogP contribution in [0.2, 0.25) is 0 Å². The number of nitriles is 1. The number of ketones is 1. The highest BCUT2D eigenvalue weighted by molar-refractivity contribution is 6.07. The van der Waals surface area contributed by atoms with E-state index in [0.717, 1.165) is 11.1 Å². The number of amides is 1. The monoisotopic (exact) mass is 409 g/mol. The summed E-state index contributed by atoms with van der Waals surface area (Å²) in [5.41, 5.74) is 3.09. The Morgan fingerprint density at radius 2 is 1.48 bits per heavy atom. The molecule has 0 fully saturated rings. The van der Waals surface area contributed by atoms with Crippen molar-refractivity contribution in [2.45, 2.75) is 20.0 Å². The molecule has 0 saturated carbocycles. The predicted octanol–water partition coefficient (Wildman–Crippen LogP) is 4.94. The number of carbonyl (C=O) groups excluding carboxylic acids is 2. The highest BCUT2D eigenvalue weighted by Gasteiger charge is 2.13. The average molecular weight is 409 g/mol. The molecule has 0 radical (unpaired) electrons. The minimum Gasteiger partial charge on any atom is -0.367 e. The van der Waals surface area contributed by atoms with Crippen molar-refractivity contribution in [2.75, 3.05) is 5.32 Å². The first kappa shape index (κ1) is 21.5. The number of rotatable bonds is 8. The van der Waals surface area contributed by atoms with Crippen molar-refractivity contribution in [1.29, 1.82) is 5.26 Å². The van der Waals surface area contributed by atoms with E-state index in [4.69, 9.17) is 0 Å². The molecule has 154 valence electrons. The second-order valence-electron chi connectivity index (χ2n) is 7.12. The van der Waals surface area contributed by atoms with Gasteiger partial charge in [0.25, 0.3) is 5.91 Å². The third-order valence-corrected chi connectivity index (χ3v) is 4.66. The molecule has 0 aliphatic heterocycles. The summed E-state index contributed by atoms with van der Waals surface area (Å²) in [5.74, 6) is -0.613. The van der Waals surface area contributed by atoms with E-state index < -0.39 is 5.91 Å². The summed E-state index contributed by atoms with van der Waals surface area (Å²) < 4.78 is 0. The first-order chi connectivity index (χ1) is 15.0. The maximum atomic E-state index is 12.8. The van der Waals surface area contributed by atoms with Crippen molar-refractivity contribution < 1.29 is 9.59 Å². The smallest absolute Gasteiger partial charge is 0.267 e. The summed E-state index contributed by atoms with van der Waals surface area (Å²) in [5, 5.41) is 12.4. The molecule has 0 unspecified atom stereocenters. The lowest BCUT2D eigenvalue weighted by molar-refractivity contribution is -0.112. The van der Waals surface area contributed by atoms with E-state index in [2.05, 4.69) is 5.32 Å². The molecule has 0 aliphatic carbocycles. The van der Waals surface area contributed by atoms with Gasteiger partial charge in [0.1, 0.15) is 11.6 Å². The Hall–Kier alpha value is -4.17. The number of Topliss-reactive ketones (excluding diaryl/α,β-unsaturated/α-hetero) is 1. The van der Waals surface area contributed by atoms with E-state index in [9.17, 15) is 14.9 Å². The summed E-state index contributed by atoms with van der Waals surface area (Å²) in [6.45, 7) is 2.56. The van der Waals surface area contributed by atoms with Gasteiger partial charge in [0, 0.05) is 30.5 Å². The van der Waals surface area contributed by atoms with Crippen LogP contribution >= 0.6 is 0 Å². The Balaban J connectivity index is 1.83. The molecular formula is C26H23N3O2. The van der Waals surface area contributed by atoms with Gasteiger partial charge in [-0.3, -0.25) is 9.59 Å². The quantitative estimate of drug-likeness (QED) is 0.325. The molecule has 31 heavy (non-hydrogen) atoms. The van der Waals surface area contributed by atoms with Crippen LogP contribution in [0.25, 0.3) is 0 Å². The normalized spacial score (nSPS) is 10.8. The zero-order chi connectivity index (χ0) is 22.1. The molecule has 0 atom stereocenters. The number of benzene rings is 3. The van der Waals surface area contributed by atoms with Crippen LogP contribution in [0.5, 0.6) is 0 Å². The fraction of sp³-hybridized carbons (Fsp3) is 0.115. The molecule has 3 aromatic carbocycles. The number of nitrogens with one attached hydrogen (secondary N) is 1. The molecule has 3 aromatic rings. The highest BCUT2D eigenvalue weighted by Crippen LogP contribution is 2.15. The van der Waals surface area contributed by atoms with Crippen molar-refractivity contribution in [3.05, 3.63) is 113 Å². The maximum Gasteiger partial charge on any atom is 0.267 e. The summed E-state index contributed by atoms with van der Waals surface area (Å²) in [6.07, 6.45) is 1.59. The Bertz CT molecular complexity index is 1070. The third kappa shape index (κ3) is 6.41. The van der Waals surface area contributed by atoms with E-state index in [1.807, 2.05) is 71.6 Å². The average Bonchev–Trinajstić information content (AvgIpc) is 2.78. The molecule has 3 rings (SSSR count). The second kappa shape index (κ2) is 10.6. The largest absolute Gasteiger partial charge is 0.367 e. The summed E-state index contributed by atoms with van der Waals surface area (Å²) in [4.78, 5) is 26.3. The number of hydrogen-bond donors (Lipinski definition) is 1. The lowest BCUT2D eigenvalue weighted by atomic mass is 10.1. The summed E-state index contributed by atoms with van der Waals surface area (Å²) in [7, 11) is 0. The molecule has 5 heteroatoms. The molecule has 0 spiro atoms. The van der Waals surface area contributed by atoms with Gasteiger partial charge in [-0.15, -0.1) is 0 Å². The van der Waals surface area contributed by atoms with Crippen LogP contribution in [-0.2, 0) is 17.9 Å². The molecule has 0 saturated heterocycles. The van der Waals surface area contributed by atoms with Crippen molar-refractivity contribution in [1.82, 2.24) is 4.90 Å². The topological polar surface area (TPSA) is 73.2 Å². The molecule has 5 nitrogen and oxygen atoms in total. The molecule has 0 aromatic heterocycles. The minimum atomic E-state index is -0.519. The number of nitrogens with zero attached hydrogens (tertiary/aromatic N) is 2. The SMILES string of the molecule is CC(=O)c1cccc(NC(=O)/C(C#N)=C\N(Cc2ccccc2)Cc2ccccc2)c1. The number of hydrogen-bond acceptors (Lipinski definition) is 4. The minimum absolute atomic E-state index is 0.0138. The summed E-state index contributed by atoms with van der Waals surface area (Å²) >= 11 is 0. The van der Waals surface area contributed by atoms with Gasteiger partial charge in [0.2, 0.25) is 0 Å². The van der Waals surface area contributed by atoms with E-state index >= 15 is 0 Å². The van der Waals surface area contributed by atoms with Crippen molar-refractivity contribution in [3.63, 3.8) is 0 Å². The van der Waals surface area contributed by atoms with Gasteiger partial charge >= 0.3 is 0 Å². The van der Waals surface area contributed by atoms with Crippen LogP contribution in [0.4, 0.5) is 5.69 Å². The molecular weight excluding hydrogens is 386 g/mol. The zero-order valence-corrected chi connectivity index (χ0v) is 17.3. The zero-order valence-electron chi connectivity index (χ0n) is 17.3. The van der Waals surface area contributed by atoms with Gasteiger partial charge in [0.15, 0.2) is 5.78 Å². The van der Waals surface area contributed by atoms with Crippen LogP contribution in [-0.4, -0.2) is 16.6 Å². The van der Waals surface area contributed by atoms with Gasteiger partial charge < -0.3 is 10.2 Å². The first-order valence-corrected chi connectivity index (χ1v) is 9.91. The fourth-order valence-corrected chi connectivity index (χ4v) is 3.12. The van der Waals surface area contributed by atoms with Crippen molar-refractivity contribution in [3.8, 4) is 6.07 Å². The Kier molecular flexibility index (Phi) is 7.34. The van der Waals surface area contributed by atoms with Crippen molar-refractivity contribution >= 4 is 17.4 Å². The molecule has 0 bridgehead atoms. The lowest BCUT2D eigenvalue weighted by Crippen LogP contribution is -2.21. The Morgan fingerprint density at radius 1 is 0.903 bits per heavy atom. The summed E-state index contributed by atoms with van der Waals surface area (Å²) in [6, 6.07) is 28.4. The van der Waals surface area contributed by atoms with E-state index in [1.54, 1.807) is 30.5 Å². The van der Waals surface area contributed by atoms with Gasteiger partial charge in [-0.1, -0.05) is 72.8 Å². The fourth-order valence-electron chi connectivity index (χ4n) is 3.12. The van der Waals surface area contributed by atoms with Crippen LogP contribution in [0.3, 0.4) is 0 Å². The number of anilines is 1. The second-order valence-corrected chi connectivity index (χ2v) is 7.12. The highest BCUT2D eigenvalue weighted by atomic mass is 16.1. The maximum absolute atomic E-state index is 12.8. The van der Waals surface area contributed by atoms with Crippen LogP contribution in [0.15, 0.2) is 96.7 Å². The first-order valence-electron chi connectivity index (χ1n) is 9.91. The van der Waals surface area contributed by atoms with E-state index in [0.29, 0.717) is 24.3 Å². The molecule has 1 N–H and O–H groups in total. The number of carbonyl (C=O) groups is 2. The Morgan fingerprint density at radius 3 is 2.00 bits per heavy atom. The van der Waals surface area contributed by atoms with Crippen molar-refractivity contribution in [2.24, 2.45) is 0 Å². The molecule has 0 heterocycles. The van der Waals surface area contributed by atoms with Gasteiger partial charge in [-0.05, 0) is 30.2 Å². The Labute approximate surface area is 182 Å². The van der Waals surface area contributed by atoms with E-state index in [-0.39, 0.29) is 11.4 Å². The molecule has 0 aliphatic rings. The predicted molar refractivity (Wildman–Crippen MR) is 121 cm³/mol.